The van der Waals surface area contributed by atoms with Gasteiger partial charge in [-0.25, -0.2) is 8.78 Å². The van der Waals surface area contributed by atoms with Gasteiger partial charge in [0.2, 0.25) is 0 Å². The number of alkyl halides is 2. The summed E-state index contributed by atoms with van der Waals surface area (Å²) in [5, 5.41) is 3.35. The van der Waals surface area contributed by atoms with Crippen LogP contribution in [0.15, 0.2) is 54.6 Å². The summed E-state index contributed by atoms with van der Waals surface area (Å²) in [5.41, 5.74) is 2.15. The minimum Gasteiger partial charge on any atom is -0.314 e. The number of halogens is 2. The van der Waals surface area contributed by atoms with Crippen molar-refractivity contribution >= 4 is 0 Å². The van der Waals surface area contributed by atoms with Crippen molar-refractivity contribution in [2.75, 3.05) is 26.2 Å². The molecule has 1 aliphatic rings. The lowest BCUT2D eigenvalue weighted by atomic mass is 9.94. The van der Waals surface area contributed by atoms with Crippen LogP contribution < -0.4 is 5.32 Å². The molecule has 3 rings (SSSR count). The van der Waals surface area contributed by atoms with Gasteiger partial charge >= 0.3 is 0 Å². The second-order valence-electron chi connectivity index (χ2n) is 6.11. The van der Waals surface area contributed by atoms with E-state index in [1.54, 1.807) is 12.1 Å². The number of rotatable bonds is 4. The fraction of sp³-hybridized carbons (Fsp3) is 0.368. The Kier molecular flexibility index (Phi) is 4.74. The molecule has 1 fully saturated rings. The van der Waals surface area contributed by atoms with Gasteiger partial charge in [-0.15, -0.1) is 0 Å². The highest BCUT2D eigenvalue weighted by Gasteiger charge is 2.28. The Bertz CT molecular complexity index is 631. The second kappa shape index (κ2) is 6.77. The van der Waals surface area contributed by atoms with Crippen LogP contribution in [0, 0.1) is 0 Å². The third kappa shape index (κ3) is 3.77. The average Bonchev–Trinajstić information content (AvgIpc) is 2.57. The molecule has 2 aromatic carbocycles. The highest BCUT2D eigenvalue weighted by molar-refractivity contribution is 5.35. The lowest BCUT2D eigenvalue weighted by molar-refractivity contribution is 0.0173. The molecule has 1 N–H and O–H groups in total. The van der Waals surface area contributed by atoms with Crippen molar-refractivity contribution in [3.05, 3.63) is 71.3 Å². The van der Waals surface area contributed by atoms with E-state index in [-0.39, 0.29) is 11.6 Å². The Morgan fingerprint density at radius 1 is 0.957 bits per heavy atom. The van der Waals surface area contributed by atoms with Crippen LogP contribution in [0.4, 0.5) is 8.78 Å². The van der Waals surface area contributed by atoms with Crippen LogP contribution in [-0.4, -0.2) is 31.1 Å². The van der Waals surface area contributed by atoms with Crippen molar-refractivity contribution < 1.29 is 8.78 Å². The third-order valence-electron chi connectivity index (χ3n) is 4.34. The molecule has 4 heteroatoms. The smallest absolute Gasteiger partial charge is 0.270 e. The maximum Gasteiger partial charge on any atom is 0.270 e. The summed E-state index contributed by atoms with van der Waals surface area (Å²) >= 11 is 0. The fourth-order valence-electron chi connectivity index (χ4n) is 3.17. The van der Waals surface area contributed by atoms with Gasteiger partial charge in [0.25, 0.3) is 5.92 Å². The summed E-state index contributed by atoms with van der Waals surface area (Å²) < 4.78 is 27.4. The molecule has 2 nitrogen and oxygen atoms in total. The summed E-state index contributed by atoms with van der Waals surface area (Å²) in [6.07, 6.45) is 0. The van der Waals surface area contributed by atoms with Crippen molar-refractivity contribution in [1.82, 2.24) is 10.2 Å². The van der Waals surface area contributed by atoms with Crippen LogP contribution >= 0.6 is 0 Å². The first-order valence-electron chi connectivity index (χ1n) is 8.04. The molecule has 0 aromatic heterocycles. The molecule has 23 heavy (non-hydrogen) atoms. The first-order chi connectivity index (χ1) is 11.1. The lowest BCUT2D eigenvalue weighted by Gasteiger charge is -2.36. The highest BCUT2D eigenvalue weighted by atomic mass is 19.3. The zero-order chi connectivity index (χ0) is 16.3. The maximum absolute atomic E-state index is 13.7. The molecule has 0 aliphatic carbocycles. The van der Waals surface area contributed by atoms with E-state index in [0.717, 1.165) is 44.2 Å². The van der Waals surface area contributed by atoms with E-state index < -0.39 is 5.92 Å². The number of nitrogens with one attached hydrogen (secondary N) is 1. The fourth-order valence-corrected chi connectivity index (χ4v) is 3.17. The Labute approximate surface area is 136 Å². The number of hydrogen-bond donors (Lipinski definition) is 1. The molecule has 0 radical (unpaired) electrons. The Hall–Kier alpha value is -1.78. The molecule has 0 saturated carbocycles. The minimum absolute atomic E-state index is 0.0144. The quantitative estimate of drug-likeness (QED) is 0.923. The molecule has 1 atom stereocenters. The van der Waals surface area contributed by atoms with E-state index in [1.807, 2.05) is 24.3 Å². The summed E-state index contributed by atoms with van der Waals surface area (Å²) in [4.78, 5) is 2.36. The van der Waals surface area contributed by atoms with Gasteiger partial charge in [-0.05, 0) is 17.2 Å². The Morgan fingerprint density at radius 3 is 2.26 bits per heavy atom. The molecule has 1 unspecified atom stereocenters. The first-order valence-corrected chi connectivity index (χ1v) is 8.04. The van der Waals surface area contributed by atoms with E-state index in [0.29, 0.717) is 0 Å². The predicted octanol–water partition coefficient (Wildman–Crippen LogP) is 3.79. The van der Waals surface area contributed by atoms with Crippen LogP contribution in [0.25, 0.3) is 0 Å². The van der Waals surface area contributed by atoms with E-state index in [9.17, 15) is 8.78 Å². The maximum atomic E-state index is 13.7. The molecule has 1 saturated heterocycles. The van der Waals surface area contributed by atoms with E-state index in [2.05, 4.69) is 22.3 Å². The van der Waals surface area contributed by atoms with E-state index in [1.165, 1.54) is 6.07 Å². The lowest BCUT2D eigenvalue weighted by Crippen LogP contribution is -2.45. The molecule has 1 heterocycles. The van der Waals surface area contributed by atoms with Crippen molar-refractivity contribution in [3.63, 3.8) is 0 Å². The number of benzene rings is 2. The predicted molar refractivity (Wildman–Crippen MR) is 88.7 cm³/mol. The standard InChI is InChI=1S/C19H22F2N2/c1-19(20,21)17-9-5-8-16(14-17)18(15-6-3-2-4-7-15)23-12-10-22-11-13-23/h2-9,14,18,22H,10-13H2,1H3. The zero-order valence-electron chi connectivity index (χ0n) is 13.3. The van der Waals surface area contributed by atoms with Crippen LogP contribution in [-0.2, 0) is 5.92 Å². The normalized spacial score (nSPS) is 17.9. The topological polar surface area (TPSA) is 15.3 Å². The zero-order valence-corrected chi connectivity index (χ0v) is 13.3. The molecule has 1 aliphatic heterocycles. The van der Waals surface area contributed by atoms with Gasteiger partial charge in [-0.1, -0.05) is 48.5 Å². The number of hydrogen-bond acceptors (Lipinski definition) is 2. The number of nitrogens with zero attached hydrogens (tertiary/aromatic N) is 1. The van der Waals surface area contributed by atoms with Gasteiger partial charge < -0.3 is 5.32 Å². The Morgan fingerprint density at radius 2 is 1.61 bits per heavy atom. The third-order valence-corrected chi connectivity index (χ3v) is 4.34. The van der Waals surface area contributed by atoms with Crippen LogP contribution in [0.3, 0.4) is 0 Å². The first kappa shape index (κ1) is 16.1. The average molecular weight is 316 g/mol. The second-order valence-corrected chi connectivity index (χ2v) is 6.11. The summed E-state index contributed by atoms with van der Waals surface area (Å²) in [6.45, 7) is 4.62. The summed E-state index contributed by atoms with van der Waals surface area (Å²) in [5.74, 6) is -2.82. The van der Waals surface area contributed by atoms with Gasteiger partial charge in [-0.3, -0.25) is 4.90 Å². The summed E-state index contributed by atoms with van der Waals surface area (Å²) in [7, 11) is 0. The van der Waals surface area contributed by atoms with Crippen molar-refractivity contribution in [2.45, 2.75) is 18.9 Å². The highest BCUT2D eigenvalue weighted by Crippen LogP contribution is 2.33. The molecule has 2 aromatic rings. The molecule has 0 amide bonds. The van der Waals surface area contributed by atoms with Gasteiger partial charge in [0.05, 0.1) is 6.04 Å². The van der Waals surface area contributed by atoms with Gasteiger partial charge in [0, 0.05) is 38.7 Å². The van der Waals surface area contributed by atoms with Crippen LogP contribution in [0.5, 0.6) is 0 Å². The van der Waals surface area contributed by atoms with Gasteiger partial charge in [-0.2, -0.15) is 0 Å². The molecule has 0 spiro atoms. The van der Waals surface area contributed by atoms with Crippen LogP contribution in [0.1, 0.15) is 29.7 Å². The monoisotopic (exact) mass is 316 g/mol. The molecule has 122 valence electrons. The van der Waals surface area contributed by atoms with Crippen molar-refractivity contribution in [3.8, 4) is 0 Å². The largest absolute Gasteiger partial charge is 0.314 e. The van der Waals surface area contributed by atoms with E-state index >= 15 is 0 Å². The molecular weight excluding hydrogens is 294 g/mol. The van der Waals surface area contributed by atoms with Crippen LogP contribution in [0.2, 0.25) is 0 Å². The molecular formula is C19H22F2N2. The van der Waals surface area contributed by atoms with Crippen molar-refractivity contribution in [2.24, 2.45) is 0 Å². The Balaban J connectivity index is 2.01. The van der Waals surface area contributed by atoms with Crippen molar-refractivity contribution in [1.29, 1.82) is 0 Å². The van der Waals surface area contributed by atoms with Gasteiger partial charge in [0.15, 0.2) is 0 Å². The van der Waals surface area contributed by atoms with Gasteiger partial charge in [0.1, 0.15) is 0 Å². The summed E-state index contributed by atoms with van der Waals surface area (Å²) in [6, 6.07) is 17.0. The number of piperazine rings is 1. The minimum atomic E-state index is -2.82. The van der Waals surface area contributed by atoms with E-state index in [4.69, 9.17) is 0 Å². The SMILES string of the molecule is CC(F)(F)c1cccc(C(c2ccccc2)N2CCNCC2)c1. The molecule has 0 bridgehead atoms.